The molecule has 0 saturated carbocycles. The SMILES string of the molecule is Cl.NCc1ccc(C(F)(F)F)s1. The second kappa shape index (κ2) is 4.11. The molecule has 0 radical (unpaired) electrons. The molecule has 0 aromatic carbocycles. The standard InChI is InChI=1S/C6H6F3NS.ClH/c7-6(8,9)5-2-1-4(3-10)11-5;/h1-2H,3,10H2;1H. The largest absolute Gasteiger partial charge is 0.425 e. The number of thiophene rings is 1. The molecule has 0 amide bonds. The van der Waals surface area contributed by atoms with Gasteiger partial charge in [0.15, 0.2) is 0 Å². The van der Waals surface area contributed by atoms with Crippen LogP contribution in [-0.2, 0) is 12.7 Å². The Hall–Kier alpha value is -0.260. The summed E-state index contributed by atoms with van der Waals surface area (Å²) in [7, 11) is 0. The Morgan fingerprint density at radius 2 is 1.92 bits per heavy atom. The van der Waals surface area contributed by atoms with Gasteiger partial charge in [-0.05, 0) is 12.1 Å². The highest BCUT2D eigenvalue weighted by Crippen LogP contribution is 2.34. The van der Waals surface area contributed by atoms with Crippen LogP contribution >= 0.6 is 23.7 Å². The zero-order valence-corrected chi connectivity index (χ0v) is 7.52. The summed E-state index contributed by atoms with van der Waals surface area (Å²) in [5, 5.41) is 0. The predicted molar refractivity (Wildman–Crippen MR) is 44.5 cm³/mol. The normalized spacial score (nSPS) is 11.0. The molecule has 0 aliphatic heterocycles. The number of halogens is 4. The van der Waals surface area contributed by atoms with Gasteiger partial charge in [0.25, 0.3) is 0 Å². The van der Waals surface area contributed by atoms with Crippen LogP contribution in [0.3, 0.4) is 0 Å². The third kappa shape index (κ3) is 2.66. The number of rotatable bonds is 1. The maximum Gasteiger partial charge on any atom is 0.425 e. The highest BCUT2D eigenvalue weighted by Gasteiger charge is 2.32. The number of hydrogen-bond donors (Lipinski definition) is 1. The van der Waals surface area contributed by atoms with Gasteiger partial charge in [-0.15, -0.1) is 23.7 Å². The maximum absolute atomic E-state index is 11.9. The lowest BCUT2D eigenvalue weighted by molar-refractivity contribution is -0.134. The van der Waals surface area contributed by atoms with Gasteiger partial charge in [-0.1, -0.05) is 0 Å². The Bertz CT molecular complexity index is 245. The fourth-order valence-electron chi connectivity index (χ4n) is 0.640. The van der Waals surface area contributed by atoms with Crippen molar-refractivity contribution < 1.29 is 13.2 Å². The van der Waals surface area contributed by atoms with Crippen LogP contribution in [0.2, 0.25) is 0 Å². The topological polar surface area (TPSA) is 26.0 Å². The van der Waals surface area contributed by atoms with E-state index in [0.717, 1.165) is 6.07 Å². The van der Waals surface area contributed by atoms with E-state index in [2.05, 4.69) is 0 Å². The third-order valence-electron chi connectivity index (χ3n) is 1.14. The van der Waals surface area contributed by atoms with Gasteiger partial charge in [-0.3, -0.25) is 0 Å². The Morgan fingerprint density at radius 1 is 1.33 bits per heavy atom. The average molecular weight is 218 g/mol. The summed E-state index contributed by atoms with van der Waals surface area (Å²) in [6.45, 7) is 0.167. The van der Waals surface area contributed by atoms with Crippen molar-refractivity contribution in [2.75, 3.05) is 0 Å². The summed E-state index contributed by atoms with van der Waals surface area (Å²) >= 11 is 0.690. The highest BCUT2D eigenvalue weighted by molar-refractivity contribution is 7.12. The van der Waals surface area contributed by atoms with Crippen molar-refractivity contribution in [3.63, 3.8) is 0 Å². The molecule has 0 atom stereocenters. The van der Waals surface area contributed by atoms with Gasteiger partial charge in [-0.25, -0.2) is 0 Å². The summed E-state index contributed by atoms with van der Waals surface area (Å²) in [5.74, 6) is 0. The summed E-state index contributed by atoms with van der Waals surface area (Å²) in [6, 6.07) is 2.44. The first kappa shape index (κ1) is 11.7. The van der Waals surface area contributed by atoms with Crippen LogP contribution in [0.15, 0.2) is 12.1 Å². The lowest BCUT2D eigenvalue weighted by Crippen LogP contribution is -2.00. The zero-order chi connectivity index (χ0) is 8.48. The second-order valence-electron chi connectivity index (χ2n) is 1.97. The molecule has 0 aliphatic rings. The Kier molecular flexibility index (Phi) is 4.02. The quantitative estimate of drug-likeness (QED) is 0.769. The van der Waals surface area contributed by atoms with Gasteiger partial charge in [0.05, 0.1) is 0 Å². The van der Waals surface area contributed by atoms with Gasteiger partial charge >= 0.3 is 6.18 Å². The molecule has 70 valence electrons. The molecular weight excluding hydrogens is 211 g/mol. The van der Waals surface area contributed by atoms with E-state index in [4.69, 9.17) is 5.73 Å². The molecule has 0 unspecified atom stereocenters. The molecule has 1 heterocycles. The van der Waals surface area contributed by atoms with Crippen molar-refractivity contribution in [2.45, 2.75) is 12.7 Å². The molecule has 0 bridgehead atoms. The van der Waals surface area contributed by atoms with E-state index in [1.807, 2.05) is 0 Å². The van der Waals surface area contributed by atoms with Crippen molar-refractivity contribution in [3.05, 3.63) is 21.9 Å². The lowest BCUT2D eigenvalue weighted by Gasteiger charge is -2.00. The molecule has 1 aromatic heterocycles. The van der Waals surface area contributed by atoms with E-state index < -0.39 is 11.1 Å². The molecule has 0 spiro atoms. The van der Waals surface area contributed by atoms with Crippen LogP contribution in [-0.4, -0.2) is 0 Å². The second-order valence-corrected chi connectivity index (χ2v) is 3.14. The Balaban J connectivity index is 0.00000121. The summed E-state index contributed by atoms with van der Waals surface area (Å²) < 4.78 is 35.7. The molecule has 12 heavy (non-hydrogen) atoms. The van der Waals surface area contributed by atoms with Gasteiger partial charge in [0.1, 0.15) is 4.88 Å². The lowest BCUT2D eigenvalue weighted by atomic mass is 10.4. The summed E-state index contributed by atoms with van der Waals surface area (Å²) in [4.78, 5) is -0.0322. The van der Waals surface area contributed by atoms with Crippen molar-refractivity contribution >= 4 is 23.7 Å². The van der Waals surface area contributed by atoms with Crippen LogP contribution < -0.4 is 5.73 Å². The third-order valence-corrected chi connectivity index (χ3v) is 2.29. The minimum Gasteiger partial charge on any atom is -0.326 e. The van der Waals surface area contributed by atoms with Crippen molar-refractivity contribution in [1.29, 1.82) is 0 Å². The van der Waals surface area contributed by atoms with E-state index in [-0.39, 0.29) is 19.0 Å². The van der Waals surface area contributed by atoms with Crippen molar-refractivity contribution in [2.24, 2.45) is 5.73 Å². The number of alkyl halides is 3. The minimum atomic E-state index is -4.22. The van der Waals surface area contributed by atoms with Crippen molar-refractivity contribution in [1.82, 2.24) is 0 Å². The first-order chi connectivity index (χ1) is 5.04. The molecule has 1 nitrogen and oxygen atoms in total. The van der Waals surface area contributed by atoms with Gasteiger partial charge in [-0.2, -0.15) is 13.2 Å². The average Bonchev–Trinajstić information content (AvgIpc) is 2.32. The minimum absolute atomic E-state index is 0. The molecule has 0 saturated heterocycles. The van der Waals surface area contributed by atoms with E-state index in [1.165, 1.54) is 6.07 Å². The highest BCUT2D eigenvalue weighted by atomic mass is 35.5. The number of hydrogen-bond acceptors (Lipinski definition) is 2. The smallest absolute Gasteiger partial charge is 0.326 e. The predicted octanol–water partition coefficient (Wildman–Crippen LogP) is 2.65. The zero-order valence-electron chi connectivity index (χ0n) is 5.89. The summed E-state index contributed by atoms with van der Waals surface area (Å²) in [6.07, 6.45) is -4.22. The number of nitrogens with two attached hydrogens (primary N) is 1. The molecule has 0 fully saturated rings. The van der Waals surface area contributed by atoms with Crippen LogP contribution in [0.5, 0.6) is 0 Å². The van der Waals surface area contributed by atoms with E-state index in [0.29, 0.717) is 16.2 Å². The van der Waals surface area contributed by atoms with Gasteiger partial charge < -0.3 is 5.73 Å². The molecule has 2 N–H and O–H groups in total. The first-order valence-corrected chi connectivity index (χ1v) is 3.71. The van der Waals surface area contributed by atoms with Crippen LogP contribution in [0.25, 0.3) is 0 Å². The summed E-state index contributed by atoms with van der Waals surface area (Å²) in [5.41, 5.74) is 5.15. The molecule has 6 heteroatoms. The first-order valence-electron chi connectivity index (χ1n) is 2.90. The monoisotopic (exact) mass is 217 g/mol. The van der Waals surface area contributed by atoms with E-state index >= 15 is 0 Å². The Morgan fingerprint density at radius 3 is 2.17 bits per heavy atom. The molecule has 0 aliphatic carbocycles. The Labute approximate surface area is 77.8 Å². The fourth-order valence-corrected chi connectivity index (χ4v) is 1.39. The van der Waals surface area contributed by atoms with E-state index in [9.17, 15) is 13.2 Å². The van der Waals surface area contributed by atoms with Crippen molar-refractivity contribution in [3.8, 4) is 0 Å². The maximum atomic E-state index is 11.9. The molecular formula is C6H7ClF3NS. The molecule has 1 aromatic rings. The van der Waals surface area contributed by atoms with Gasteiger partial charge in [0, 0.05) is 11.4 Å². The van der Waals surface area contributed by atoms with Gasteiger partial charge in [0.2, 0.25) is 0 Å². The van der Waals surface area contributed by atoms with Crippen LogP contribution in [0, 0.1) is 0 Å². The fraction of sp³-hybridized carbons (Fsp3) is 0.333. The van der Waals surface area contributed by atoms with Crippen LogP contribution in [0.1, 0.15) is 9.75 Å². The van der Waals surface area contributed by atoms with Crippen LogP contribution in [0.4, 0.5) is 13.2 Å². The molecule has 1 rings (SSSR count). The van der Waals surface area contributed by atoms with E-state index in [1.54, 1.807) is 0 Å².